The Morgan fingerprint density at radius 1 is 0.946 bits per heavy atom. The Morgan fingerprint density at radius 2 is 1.54 bits per heavy atom. The van der Waals surface area contributed by atoms with Crippen molar-refractivity contribution >= 4 is 32.8 Å². The Bertz CT molecular complexity index is 1240. The van der Waals surface area contributed by atoms with Crippen molar-refractivity contribution in [3.63, 3.8) is 0 Å². The molecule has 0 bridgehead atoms. The van der Waals surface area contributed by atoms with Crippen LogP contribution in [0.4, 0.5) is 4.79 Å². The number of hydrogen-bond donors (Lipinski definition) is 1. The average Bonchev–Trinajstić information content (AvgIpc) is 3.68. The topological polar surface area (TPSA) is 102 Å². The molecule has 0 aliphatic heterocycles. The summed E-state index contributed by atoms with van der Waals surface area (Å²) >= 11 is 0. The lowest BCUT2D eigenvalue weighted by molar-refractivity contribution is -0.119. The van der Waals surface area contributed by atoms with Gasteiger partial charge in [0, 0.05) is 20.0 Å². The molecule has 37 heavy (non-hydrogen) atoms. The predicted molar refractivity (Wildman–Crippen MR) is 143 cm³/mol. The number of benzene rings is 2. The van der Waals surface area contributed by atoms with Gasteiger partial charge in [-0.15, -0.1) is 0 Å². The maximum atomic E-state index is 12.5. The summed E-state index contributed by atoms with van der Waals surface area (Å²) in [6, 6.07) is 11.3. The van der Waals surface area contributed by atoms with E-state index in [-0.39, 0.29) is 19.1 Å². The molecule has 2 aliphatic carbocycles. The SMILES string of the molecule is CN(CCC(=O)NS(=O)(=O)C1CC1)C(=O)Oc1ccc2cc(OC3CCC(C(C)(C)C)CC3)ccc2c1. The summed E-state index contributed by atoms with van der Waals surface area (Å²) in [7, 11) is -2.08. The second-order valence-electron chi connectivity index (χ2n) is 11.4. The van der Waals surface area contributed by atoms with E-state index in [0.717, 1.165) is 35.3 Å². The van der Waals surface area contributed by atoms with Crippen LogP contribution in [-0.2, 0) is 14.8 Å². The van der Waals surface area contributed by atoms with Gasteiger partial charge in [-0.1, -0.05) is 32.9 Å². The van der Waals surface area contributed by atoms with Crippen LogP contribution in [0.5, 0.6) is 11.5 Å². The second-order valence-corrected chi connectivity index (χ2v) is 13.4. The Balaban J connectivity index is 1.27. The molecule has 0 unspecified atom stereocenters. The maximum absolute atomic E-state index is 12.5. The minimum Gasteiger partial charge on any atom is -0.490 e. The van der Waals surface area contributed by atoms with Crippen LogP contribution in [0.15, 0.2) is 36.4 Å². The molecule has 0 heterocycles. The highest BCUT2D eigenvalue weighted by molar-refractivity contribution is 7.90. The first-order valence-corrected chi connectivity index (χ1v) is 14.6. The van der Waals surface area contributed by atoms with Gasteiger partial charge in [-0.3, -0.25) is 9.52 Å². The summed E-state index contributed by atoms with van der Waals surface area (Å²) in [6.45, 7) is 6.98. The molecule has 0 aromatic heterocycles. The Morgan fingerprint density at radius 3 is 2.14 bits per heavy atom. The van der Waals surface area contributed by atoms with E-state index in [1.165, 1.54) is 24.8 Å². The zero-order valence-corrected chi connectivity index (χ0v) is 23.0. The third-order valence-electron chi connectivity index (χ3n) is 7.40. The van der Waals surface area contributed by atoms with Crippen LogP contribution in [0.3, 0.4) is 0 Å². The number of carbonyl (C=O) groups is 2. The number of fused-ring (bicyclic) bond motifs is 1. The predicted octanol–water partition coefficient (Wildman–Crippen LogP) is 5.25. The molecule has 2 saturated carbocycles. The van der Waals surface area contributed by atoms with Crippen molar-refractivity contribution in [3.8, 4) is 11.5 Å². The Labute approximate surface area is 219 Å². The zero-order chi connectivity index (χ0) is 26.8. The van der Waals surface area contributed by atoms with Crippen molar-refractivity contribution in [2.75, 3.05) is 13.6 Å². The second kappa shape index (κ2) is 10.9. The molecule has 0 saturated heterocycles. The van der Waals surface area contributed by atoms with E-state index < -0.39 is 27.3 Å². The van der Waals surface area contributed by atoms with E-state index in [4.69, 9.17) is 9.47 Å². The normalized spacial score (nSPS) is 20.3. The number of rotatable bonds is 8. The first kappa shape index (κ1) is 27.2. The molecule has 0 radical (unpaired) electrons. The molecule has 2 amide bonds. The molecule has 8 nitrogen and oxygen atoms in total. The fourth-order valence-corrected chi connectivity index (χ4v) is 6.13. The maximum Gasteiger partial charge on any atom is 0.414 e. The van der Waals surface area contributed by atoms with Crippen LogP contribution in [-0.4, -0.2) is 50.3 Å². The molecule has 0 spiro atoms. The minimum atomic E-state index is -3.59. The highest BCUT2D eigenvalue weighted by Gasteiger charge is 2.36. The van der Waals surface area contributed by atoms with Gasteiger partial charge in [-0.05, 0) is 84.9 Å². The van der Waals surface area contributed by atoms with Crippen LogP contribution in [0.2, 0.25) is 0 Å². The van der Waals surface area contributed by atoms with Crippen molar-refractivity contribution in [2.24, 2.45) is 11.3 Å². The minimum absolute atomic E-state index is 0.0385. The number of hydrogen-bond acceptors (Lipinski definition) is 6. The van der Waals surface area contributed by atoms with Gasteiger partial charge in [0.05, 0.1) is 11.4 Å². The molecule has 4 rings (SSSR count). The van der Waals surface area contributed by atoms with Crippen molar-refractivity contribution < 1.29 is 27.5 Å². The van der Waals surface area contributed by atoms with Gasteiger partial charge >= 0.3 is 6.09 Å². The largest absolute Gasteiger partial charge is 0.490 e. The molecular formula is C28H38N2O6S. The van der Waals surface area contributed by atoms with E-state index >= 15 is 0 Å². The molecule has 9 heteroatoms. The molecule has 2 aromatic carbocycles. The number of nitrogens with zero attached hydrogens (tertiary/aromatic N) is 1. The van der Waals surface area contributed by atoms with Crippen LogP contribution in [0.1, 0.15) is 65.7 Å². The average molecular weight is 531 g/mol. The summed E-state index contributed by atoms with van der Waals surface area (Å²) in [6.07, 6.45) is 5.16. The van der Waals surface area contributed by atoms with Gasteiger partial charge in [0.2, 0.25) is 15.9 Å². The fraction of sp³-hybridized carbons (Fsp3) is 0.571. The zero-order valence-electron chi connectivity index (χ0n) is 22.2. The van der Waals surface area contributed by atoms with Gasteiger partial charge in [0.1, 0.15) is 11.5 Å². The number of ether oxygens (including phenoxy) is 2. The van der Waals surface area contributed by atoms with Gasteiger partial charge in [-0.25, -0.2) is 13.2 Å². The van der Waals surface area contributed by atoms with Crippen LogP contribution in [0.25, 0.3) is 10.8 Å². The first-order valence-electron chi connectivity index (χ1n) is 13.1. The number of nitrogens with one attached hydrogen (secondary N) is 1. The Kier molecular flexibility index (Phi) is 8.02. The quantitative estimate of drug-likeness (QED) is 0.500. The van der Waals surface area contributed by atoms with Gasteiger partial charge in [0.25, 0.3) is 0 Å². The van der Waals surface area contributed by atoms with E-state index in [0.29, 0.717) is 24.0 Å². The molecule has 1 N–H and O–H groups in total. The smallest absolute Gasteiger partial charge is 0.414 e. The van der Waals surface area contributed by atoms with E-state index in [1.807, 2.05) is 24.3 Å². The lowest BCUT2D eigenvalue weighted by Crippen LogP contribution is -2.37. The summed E-state index contributed by atoms with van der Waals surface area (Å²) in [5.74, 6) is 1.35. The van der Waals surface area contributed by atoms with E-state index in [9.17, 15) is 18.0 Å². The highest BCUT2D eigenvalue weighted by Crippen LogP contribution is 2.39. The van der Waals surface area contributed by atoms with Crippen molar-refractivity contribution in [1.29, 1.82) is 0 Å². The van der Waals surface area contributed by atoms with Gasteiger partial charge in [-0.2, -0.15) is 0 Å². The molecule has 0 atom stereocenters. The third-order valence-corrected chi connectivity index (χ3v) is 9.26. The van der Waals surface area contributed by atoms with E-state index in [2.05, 4.69) is 25.5 Å². The molecule has 2 aromatic rings. The molecular weight excluding hydrogens is 492 g/mol. The van der Waals surface area contributed by atoms with Crippen LogP contribution in [0, 0.1) is 11.3 Å². The first-order chi connectivity index (χ1) is 17.4. The van der Waals surface area contributed by atoms with Gasteiger partial charge < -0.3 is 14.4 Å². The molecule has 2 fully saturated rings. The van der Waals surface area contributed by atoms with Crippen LogP contribution >= 0.6 is 0 Å². The summed E-state index contributed by atoms with van der Waals surface area (Å²) in [5.41, 5.74) is 0.344. The summed E-state index contributed by atoms with van der Waals surface area (Å²) in [5, 5.41) is 1.44. The third kappa shape index (κ3) is 7.37. The van der Waals surface area contributed by atoms with Crippen molar-refractivity contribution in [2.45, 2.75) is 77.1 Å². The lowest BCUT2D eigenvalue weighted by Gasteiger charge is -2.37. The number of sulfonamides is 1. The number of amides is 2. The van der Waals surface area contributed by atoms with E-state index in [1.54, 1.807) is 12.1 Å². The monoisotopic (exact) mass is 530 g/mol. The molecule has 2 aliphatic rings. The highest BCUT2D eigenvalue weighted by atomic mass is 32.2. The summed E-state index contributed by atoms with van der Waals surface area (Å²) < 4.78 is 37.5. The Hall–Kier alpha value is -2.81. The summed E-state index contributed by atoms with van der Waals surface area (Å²) in [4.78, 5) is 25.7. The standard InChI is InChI=1S/C28H38N2O6S/c1-28(2,3)21-7-11-22(12-8-21)35-23-9-5-20-18-24(10-6-19(20)17-23)36-27(32)30(4)16-15-26(31)29-37(33,34)25-13-14-25/h5-6,9-10,17-18,21-22,25H,7-8,11-16H2,1-4H3,(H,29,31). The lowest BCUT2D eigenvalue weighted by atomic mass is 9.72. The van der Waals surface area contributed by atoms with Gasteiger partial charge in [0.15, 0.2) is 0 Å². The van der Waals surface area contributed by atoms with Crippen molar-refractivity contribution in [3.05, 3.63) is 36.4 Å². The van der Waals surface area contributed by atoms with Crippen LogP contribution < -0.4 is 14.2 Å². The molecule has 202 valence electrons. The van der Waals surface area contributed by atoms with Crippen molar-refractivity contribution in [1.82, 2.24) is 9.62 Å². The fourth-order valence-electron chi connectivity index (χ4n) is 4.79. The number of carbonyl (C=O) groups excluding carboxylic acids is 2.